The quantitative estimate of drug-likeness (QED) is 0.160. The average molecular weight is 957 g/mol. The predicted molar refractivity (Wildman–Crippen MR) is 308 cm³/mol. The summed E-state index contributed by atoms with van der Waals surface area (Å²) in [5, 5.41) is 16.1. The first-order valence-electron chi connectivity index (χ1n) is 25.4. The summed E-state index contributed by atoms with van der Waals surface area (Å²) in [6, 6.07) is 61.0. The van der Waals surface area contributed by atoms with E-state index in [1.165, 1.54) is 44.5 Å². The second-order valence-corrected chi connectivity index (χ2v) is 20.9. The first kappa shape index (κ1) is 46.2. The molecule has 0 atom stereocenters. The van der Waals surface area contributed by atoms with Gasteiger partial charge < -0.3 is 9.13 Å². The largest absolute Gasteiger partial charge is 0.308 e. The number of benzene rings is 9. The maximum Gasteiger partial charge on any atom is 0.165 e. The van der Waals surface area contributed by atoms with E-state index in [1.807, 2.05) is 13.8 Å². The summed E-state index contributed by atoms with van der Waals surface area (Å²) in [6.07, 6.45) is 0. The lowest BCUT2D eigenvalue weighted by Crippen LogP contribution is -2.07. The van der Waals surface area contributed by atoms with Crippen molar-refractivity contribution < 1.29 is 0 Å². The van der Waals surface area contributed by atoms with Crippen LogP contribution >= 0.6 is 0 Å². The van der Waals surface area contributed by atoms with Crippen LogP contribution in [0, 0.1) is 80.6 Å². The Morgan fingerprint density at radius 1 is 0.311 bits per heavy atom. The van der Waals surface area contributed by atoms with Crippen molar-refractivity contribution in [2.75, 3.05) is 0 Å². The lowest BCUT2D eigenvalue weighted by Gasteiger charge is -2.19. The van der Waals surface area contributed by atoms with Crippen LogP contribution in [0.2, 0.25) is 0 Å². The minimum Gasteiger partial charge on any atom is -0.308 e. The molecule has 6 nitrogen and oxygen atoms in total. The highest BCUT2D eigenvalue weighted by Crippen LogP contribution is 2.44. The molecule has 0 radical (unpaired) electrons. The number of aryl methyl sites for hydroxylation is 10. The third-order valence-electron chi connectivity index (χ3n) is 14.6. The molecule has 74 heavy (non-hydrogen) atoms. The van der Waals surface area contributed by atoms with Crippen molar-refractivity contribution in [2.24, 2.45) is 0 Å². The second-order valence-electron chi connectivity index (χ2n) is 20.9. The van der Waals surface area contributed by atoms with E-state index in [1.54, 1.807) is 0 Å². The Morgan fingerprint density at radius 3 is 0.905 bits per heavy atom. The third-order valence-corrected chi connectivity index (χ3v) is 14.6. The number of hydrogen-bond acceptors (Lipinski definition) is 4. The monoisotopic (exact) mass is 956 g/mol. The van der Waals surface area contributed by atoms with Gasteiger partial charge in [-0.2, -0.15) is 5.26 Å². The van der Waals surface area contributed by atoms with Crippen molar-refractivity contribution in [1.82, 2.24) is 24.1 Å². The van der Waals surface area contributed by atoms with E-state index >= 15 is 0 Å². The number of fused-ring (bicyclic) bond motifs is 6. The molecule has 0 spiro atoms. The van der Waals surface area contributed by atoms with Gasteiger partial charge in [0.15, 0.2) is 5.82 Å². The Morgan fingerprint density at radius 2 is 0.608 bits per heavy atom. The van der Waals surface area contributed by atoms with Gasteiger partial charge in [-0.3, -0.25) is 0 Å². The maximum atomic E-state index is 11.7. The fourth-order valence-electron chi connectivity index (χ4n) is 11.8. The Bertz CT molecular complexity index is 4060. The van der Waals surface area contributed by atoms with Crippen LogP contribution in [0.5, 0.6) is 0 Å². The lowest BCUT2D eigenvalue weighted by molar-refractivity contribution is 0.926. The molecule has 0 N–H and O–H groups in total. The third kappa shape index (κ3) is 8.12. The van der Waals surface area contributed by atoms with Gasteiger partial charge in [0.2, 0.25) is 0 Å². The lowest BCUT2D eigenvalue weighted by atomic mass is 9.98. The van der Waals surface area contributed by atoms with E-state index in [4.69, 9.17) is 9.97 Å². The molecule has 0 fully saturated rings. The van der Waals surface area contributed by atoms with Gasteiger partial charge >= 0.3 is 0 Å². The highest BCUT2D eigenvalue weighted by Gasteiger charge is 2.25. The zero-order valence-corrected chi connectivity index (χ0v) is 43.7. The number of aromatic nitrogens is 5. The first-order valence-corrected chi connectivity index (χ1v) is 25.4. The Kier molecular flexibility index (Phi) is 11.0. The molecule has 0 saturated heterocycles. The van der Waals surface area contributed by atoms with Crippen molar-refractivity contribution in [3.8, 4) is 73.3 Å². The van der Waals surface area contributed by atoms with Crippen LogP contribution in [0.3, 0.4) is 0 Å². The van der Waals surface area contributed by atoms with E-state index < -0.39 is 0 Å². The summed E-state index contributed by atoms with van der Waals surface area (Å²) in [7, 11) is 0. The average Bonchev–Trinajstić information content (AvgIpc) is 3.85. The van der Waals surface area contributed by atoms with Crippen LogP contribution in [0.15, 0.2) is 158 Å². The molecule has 6 heteroatoms. The summed E-state index contributed by atoms with van der Waals surface area (Å²) in [5.74, 6) is 1.77. The smallest absolute Gasteiger partial charge is 0.165 e. The summed E-state index contributed by atoms with van der Waals surface area (Å²) in [5.41, 5.74) is 25.6. The van der Waals surface area contributed by atoms with E-state index in [0.717, 1.165) is 105 Å². The Balaban J connectivity index is 1.21. The number of nitriles is 1. The molecular formula is C68H56N6. The van der Waals surface area contributed by atoms with E-state index in [-0.39, 0.29) is 0 Å². The van der Waals surface area contributed by atoms with E-state index in [2.05, 4.69) is 233 Å². The summed E-state index contributed by atoms with van der Waals surface area (Å²) < 4.78 is 4.65. The van der Waals surface area contributed by atoms with Crippen LogP contribution in [0.4, 0.5) is 0 Å². The molecule has 9 aromatic carbocycles. The number of hydrogen-bond donors (Lipinski definition) is 0. The van der Waals surface area contributed by atoms with Crippen molar-refractivity contribution in [1.29, 1.82) is 5.26 Å². The summed E-state index contributed by atoms with van der Waals surface area (Å²) in [4.78, 5) is 14.9. The van der Waals surface area contributed by atoms with Gasteiger partial charge in [-0.25, -0.2) is 15.0 Å². The molecule has 0 aliphatic carbocycles. The van der Waals surface area contributed by atoms with Crippen molar-refractivity contribution in [2.45, 2.75) is 69.2 Å². The van der Waals surface area contributed by atoms with Crippen LogP contribution in [-0.2, 0) is 0 Å². The predicted octanol–water partition coefficient (Wildman–Crippen LogP) is 17.4. The van der Waals surface area contributed by atoms with E-state index in [0.29, 0.717) is 23.0 Å². The number of nitrogens with zero attached hydrogens (tertiary/aromatic N) is 6. The second kappa shape index (κ2) is 17.7. The fraction of sp³-hybridized carbons (Fsp3) is 0.147. The van der Waals surface area contributed by atoms with Crippen LogP contribution in [0.25, 0.3) is 111 Å². The van der Waals surface area contributed by atoms with Gasteiger partial charge in [0, 0.05) is 27.1 Å². The molecule has 12 aromatic rings. The standard InChI is InChI=1S/C68H56N6/c1-38-19-39(2)24-52(23-38)48-11-15-57-58-16-12-49(53-25-40(3)20-41(4)26-53)32-64(58)73(63(57)31-48)62-36-61(68-71-46(9)70-47(10)72-68)67(35-56(62)37-69)74-65-33-50(54-27-42(5)21-43(6)28-54)13-17-59(65)60-18-14-51(34-66(60)74)55-29-44(7)22-45(8)30-55/h11-36H,1-10H3. The molecule has 0 unspecified atom stereocenters. The van der Waals surface area contributed by atoms with Crippen molar-refractivity contribution >= 4 is 43.6 Å². The van der Waals surface area contributed by atoms with Gasteiger partial charge in [-0.1, -0.05) is 166 Å². The number of rotatable bonds is 7. The van der Waals surface area contributed by atoms with Crippen LogP contribution in [-0.4, -0.2) is 24.1 Å². The highest BCUT2D eigenvalue weighted by atomic mass is 15.1. The van der Waals surface area contributed by atoms with Gasteiger partial charge in [-0.15, -0.1) is 0 Å². The molecular weight excluding hydrogens is 901 g/mol. The van der Waals surface area contributed by atoms with Gasteiger partial charge in [0.1, 0.15) is 17.7 Å². The highest BCUT2D eigenvalue weighted by molar-refractivity contribution is 6.13. The minimum atomic E-state index is 0.518. The first-order chi connectivity index (χ1) is 35.6. The van der Waals surface area contributed by atoms with Crippen LogP contribution < -0.4 is 0 Å². The van der Waals surface area contributed by atoms with Crippen LogP contribution in [0.1, 0.15) is 61.7 Å². The van der Waals surface area contributed by atoms with Gasteiger partial charge in [0.05, 0.1) is 39.0 Å². The zero-order valence-electron chi connectivity index (χ0n) is 43.7. The fourth-order valence-corrected chi connectivity index (χ4v) is 11.8. The molecule has 0 bridgehead atoms. The maximum absolute atomic E-state index is 11.7. The van der Waals surface area contributed by atoms with Crippen molar-refractivity contribution in [3.63, 3.8) is 0 Å². The Hall–Kier alpha value is -8.92. The molecule has 12 rings (SSSR count). The van der Waals surface area contributed by atoms with Gasteiger partial charge in [-0.05, 0) is 150 Å². The SMILES string of the molecule is Cc1cc(C)cc(-c2ccc3c4ccc(-c5cc(C)cc(C)c5)cc4n(-c4cc(-c5nc(C)nc(C)n5)c(-n5c6cc(-c7cc(C)cc(C)c7)ccc6c6ccc(-c7cc(C)cc(C)c7)cc65)cc4C#N)c3c2)c1. The topological polar surface area (TPSA) is 72.3 Å². The van der Waals surface area contributed by atoms with E-state index in [9.17, 15) is 5.26 Å². The molecule has 0 amide bonds. The van der Waals surface area contributed by atoms with Gasteiger partial charge in [0.25, 0.3) is 0 Å². The normalized spacial score (nSPS) is 11.6. The molecule has 0 aliphatic heterocycles. The molecule has 0 saturated carbocycles. The summed E-state index contributed by atoms with van der Waals surface area (Å²) >= 11 is 0. The van der Waals surface area contributed by atoms with Crippen molar-refractivity contribution in [3.05, 3.63) is 219 Å². The molecule has 0 aliphatic rings. The summed E-state index contributed by atoms with van der Waals surface area (Å²) in [6.45, 7) is 21.1. The zero-order chi connectivity index (χ0) is 51.3. The molecule has 358 valence electrons. The molecule has 3 heterocycles. The minimum absolute atomic E-state index is 0.518. The Labute approximate surface area is 432 Å². The molecule has 3 aromatic heterocycles.